The van der Waals surface area contributed by atoms with Crippen molar-refractivity contribution in [1.29, 1.82) is 0 Å². The average Bonchev–Trinajstić information content (AvgIpc) is 2.78. The molecular formula is C13H17ClFNO. The van der Waals surface area contributed by atoms with Gasteiger partial charge in [-0.2, -0.15) is 0 Å². The van der Waals surface area contributed by atoms with Crippen LogP contribution in [0.5, 0.6) is 0 Å². The zero-order valence-electron chi connectivity index (χ0n) is 9.88. The lowest BCUT2D eigenvalue weighted by Gasteiger charge is -2.19. The molecule has 2 nitrogen and oxygen atoms in total. The molecule has 0 heterocycles. The number of nitrogens with one attached hydrogen (secondary N) is 1. The Balaban J connectivity index is 1.91. The maximum absolute atomic E-state index is 13.0. The molecular weight excluding hydrogens is 241 g/mol. The van der Waals surface area contributed by atoms with E-state index in [0.29, 0.717) is 18.7 Å². The van der Waals surface area contributed by atoms with Gasteiger partial charge in [0.05, 0.1) is 11.1 Å². The van der Waals surface area contributed by atoms with E-state index in [-0.39, 0.29) is 10.8 Å². The van der Waals surface area contributed by atoms with Crippen molar-refractivity contribution in [2.24, 2.45) is 0 Å². The van der Waals surface area contributed by atoms with E-state index in [9.17, 15) is 4.39 Å². The molecule has 2 rings (SSSR count). The Morgan fingerprint density at radius 1 is 1.47 bits per heavy atom. The highest BCUT2D eigenvalue weighted by Gasteiger charge is 2.26. The minimum atomic E-state index is -0.369. The van der Waals surface area contributed by atoms with Crippen LogP contribution in [0.15, 0.2) is 18.2 Å². The third kappa shape index (κ3) is 3.18. The van der Waals surface area contributed by atoms with Gasteiger partial charge in [-0.15, -0.1) is 0 Å². The van der Waals surface area contributed by atoms with Crippen LogP contribution in [0.1, 0.15) is 24.8 Å². The Hall–Kier alpha value is -0.640. The van der Waals surface area contributed by atoms with Crippen LogP contribution < -0.4 is 5.32 Å². The lowest BCUT2D eigenvalue weighted by atomic mass is 10.1. The molecule has 1 aliphatic rings. The van der Waals surface area contributed by atoms with Crippen molar-refractivity contribution >= 4 is 11.6 Å². The van der Waals surface area contributed by atoms with E-state index in [0.717, 1.165) is 18.4 Å². The van der Waals surface area contributed by atoms with Crippen molar-refractivity contribution in [2.75, 3.05) is 7.11 Å². The van der Waals surface area contributed by atoms with Crippen LogP contribution in [0.2, 0.25) is 5.02 Å². The second-order valence-corrected chi connectivity index (χ2v) is 4.85. The van der Waals surface area contributed by atoms with Gasteiger partial charge in [0.1, 0.15) is 5.82 Å². The van der Waals surface area contributed by atoms with Crippen LogP contribution in [0.25, 0.3) is 0 Å². The summed E-state index contributed by atoms with van der Waals surface area (Å²) in [4.78, 5) is 0. The van der Waals surface area contributed by atoms with Crippen LogP contribution >= 0.6 is 11.6 Å². The molecule has 1 N–H and O–H groups in total. The first-order valence-corrected chi connectivity index (χ1v) is 6.28. The van der Waals surface area contributed by atoms with Gasteiger partial charge in [-0.1, -0.05) is 17.7 Å². The van der Waals surface area contributed by atoms with E-state index >= 15 is 0 Å². The predicted molar refractivity (Wildman–Crippen MR) is 66.7 cm³/mol. The first kappa shape index (κ1) is 12.8. The number of hydrogen-bond acceptors (Lipinski definition) is 2. The second kappa shape index (κ2) is 5.80. The lowest BCUT2D eigenvalue weighted by molar-refractivity contribution is 0.0847. The molecule has 2 unspecified atom stereocenters. The summed E-state index contributed by atoms with van der Waals surface area (Å²) in [5.41, 5.74) is 0.998. The second-order valence-electron chi connectivity index (χ2n) is 4.44. The van der Waals surface area contributed by atoms with Gasteiger partial charge in [0.25, 0.3) is 0 Å². The van der Waals surface area contributed by atoms with Crippen molar-refractivity contribution in [3.63, 3.8) is 0 Å². The zero-order valence-corrected chi connectivity index (χ0v) is 10.6. The minimum absolute atomic E-state index is 0.180. The molecule has 0 spiro atoms. The highest BCUT2D eigenvalue weighted by atomic mass is 35.5. The van der Waals surface area contributed by atoms with E-state index in [1.807, 2.05) is 0 Å². The molecule has 0 aromatic heterocycles. The number of benzene rings is 1. The zero-order chi connectivity index (χ0) is 12.3. The van der Waals surface area contributed by atoms with Gasteiger partial charge in [-0.3, -0.25) is 0 Å². The summed E-state index contributed by atoms with van der Waals surface area (Å²) in [7, 11) is 1.75. The molecule has 0 radical (unpaired) electrons. The van der Waals surface area contributed by atoms with E-state index in [1.165, 1.54) is 12.5 Å². The molecule has 1 aliphatic carbocycles. The molecule has 2 atom stereocenters. The Morgan fingerprint density at radius 3 is 3.00 bits per heavy atom. The number of hydrogen-bond donors (Lipinski definition) is 1. The van der Waals surface area contributed by atoms with Crippen molar-refractivity contribution in [1.82, 2.24) is 5.32 Å². The van der Waals surface area contributed by atoms with Crippen molar-refractivity contribution in [3.8, 4) is 0 Å². The summed E-state index contributed by atoms with van der Waals surface area (Å²) in [5, 5.41) is 3.62. The summed E-state index contributed by atoms with van der Waals surface area (Å²) < 4.78 is 18.4. The van der Waals surface area contributed by atoms with Gasteiger partial charge in [0.2, 0.25) is 0 Å². The Bertz CT molecular complexity index is 386. The number of halogens is 2. The van der Waals surface area contributed by atoms with Crippen LogP contribution in [-0.4, -0.2) is 19.3 Å². The topological polar surface area (TPSA) is 21.3 Å². The minimum Gasteiger partial charge on any atom is -0.380 e. The molecule has 1 aromatic carbocycles. The maximum atomic E-state index is 13.0. The van der Waals surface area contributed by atoms with Crippen LogP contribution in [0.4, 0.5) is 4.39 Å². The quantitative estimate of drug-likeness (QED) is 0.895. The summed E-state index contributed by atoms with van der Waals surface area (Å²) >= 11 is 5.74. The summed E-state index contributed by atoms with van der Waals surface area (Å²) in [6.07, 6.45) is 3.73. The monoisotopic (exact) mass is 257 g/mol. The largest absolute Gasteiger partial charge is 0.380 e. The Morgan fingerprint density at radius 2 is 2.29 bits per heavy atom. The van der Waals surface area contributed by atoms with Crippen molar-refractivity contribution in [2.45, 2.75) is 38.0 Å². The first-order chi connectivity index (χ1) is 8.20. The van der Waals surface area contributed by atoms with E-state index in [4.69, 9.17) is 16.3 Å². The molecule has 4 heteroatoms. The molecule has 0 amide bonds. The summed E-state index contributed by atoms with van der Waals surface area (Å²) in [6, 6.07) is 5.22. The van der Waals surface area contributed by atoms with Gasteiger partial charge in [0.15, 0.2) is 0 Å². The SMILES string of the molecule is COC1CCCC1NCc1ccc(F)c(Cl)c1. The Labute approximate surface area is 106 Å². The van der Waals surface area contributed by atoms with Crippen molar-refractivity contribution < 1.29 is 9.13 Å². The molecule has 1 saturated carbocycles. The maximum Gasteiger partial charge on any atom is 0.141 e. The number of ether oxygens (including phenoxy) is 1. The van der Waals surface area contributed by atoms with E-state index < -0.39 is 0 Å². The third-order valence-electron chi connectivity index (χ3n) is 3.31. The van der Waals surface area contributed by atoms with Gasteiger partial charge in [-0.25, -0.2) is 4.39 Å². The fourth-order valence-electron chi connectivity index (χ4n) is 2.34. The standard InChI is InChI=1S/C13H17ClFNO/c1-17-13-4-2-3-12(13)16-8-9-5-6-11(15)10(14)7-9/h5-7,12-13,16H,2-4,8H2,1H3. The molecule has 0 aliphatic heterocycles. The van der Waals surface area contributed by atoms with Gasteiger partial charge < -0.3 is 10.1 Å². The van der Waals surface area contributed by atoms with Crippen LogP contribution in [0.3, 0.4) is 0 Å². The fourth-order valence-corrected chi connectivity index (χ4v) is 2.54. The van der Waals surface area contributed by atoms with E-state index in [1.54, 1.807) is 19.2 Å². The summed E-state index contributed by atoms with van der Waals surface area (Å²) in [6.45, 7) is 0.699. The first-order valence-electron chi connectivity index (χ1n) is 5.91. The smallest absolute Gasteiger partial charge is 0.141 e. The number of methoxy groups -OCH3 is 1. The molecule has 1 fully saturated rings. The fraction of sp³-hybridized carbons (Fsp3) is 0.538. The Kier molecular flexibility index (Phi) is 4.37. The lowest BCUT2D eigenvalue weighted by Crippen LogP contribution is -2.36. The summed E-state index contributed by atoms with van der Waals surface area (Å²) in [5.74, 6) is -0.369. The average molecular weight is 258 g/mol. The predicted octanol–water partition coefficient (Wildman–Crippen LogP) is 3.14. The molecule has 0 bridgehead atoms. The van der Waals surface area contributed by atoms with Crippen molar-refractivity contribution in [3.05, 3.63) is 34.6 Å². The van der Waals surface area contributed by atoms with Gasteiger partial charge in [-0.05, 0) is 37.0 Å². The van der Waals surface area contributed by atoms with Crippen LogP contribution in [0, 0.1) is 5.82 Å². The molecule has 94 valence electrons. The van der Waals surface area contributed by atoms with Gasteiger partial charge in [0, 0.05) is 19.7 Å². The molecule has 17 heavy (non-hydrogen) atoms. The third-order valence-corrected chi connectivity index (χ3v) is 3.60. The van der Waals surface area contributed by atoms with Gasteiger partial charge >= 0.3 is 0 Å². The molecule has 1 aromatic rings. The van der Waals surface area contributed by atoms with E-state index in [2.05, 4.69) is 5.32 Å². The molecule has 0 saturated heterocycles. The number of rotatable bonds is 4. The highest BCUT2D eigenvalue weighted by molar-refractivity contribution is 6.30. The van der Waals surface area contributed by atoms with Crippen LogP contribution in [-0.2, 0) is 11.3 Å². The normalized spacial score (nSPS) is 24.2. The highest BCUT2D eigenvalue weighted by Crippen LogP contribution is 2.22.